The lowest BCUT2D eigenvalue weighted by atomic mass is 10.5. The number of hydrogen-bond acceptors (Lipinski definition) is 3. The highest BCUT2D eigenvalue weighted by Gasteiger charge is 1.89. The zero-order valence-corrected chi connectivity index (χ0v) is 6.52. The van der Waals surface area contributed by atoms with Crippen LogP contribution in [0.25, 0.3) is 0 Å². The second-order valence-corrected chi connectivity index (χ2v) is 2.20. The lowest BCUT2D eigenvalue weighted by Crippen LogP contribution is -2.10. The van der Waals surface area contributed by atoms with Gasteiger partial charge >= 0.3 is 0 Å². The van der Waals surface area contributed by atoms with Crippen molar-refractivity contribution in [1.29, 1.82) is 0 Å². The third kappa shape index (κ3) is 3.97. The van der Waals surface area contributed by atoms with E-state index in [1.54, 1.807) is 6.92 Å². The minimum Gasteiger partial charge on any atom is -0.384 e. The number of halogens is 1. The Labute approximate surface area is 65.1 Å². The molecule has 0 aromatic rings. The fraction of sp³-hybridized carbons (Fsp3) is 0.167. The van der Waals surface area contributed by atoms with Gasteiger partial charge < -0.3 is 11.5 Å². The first-order valence-electron chi connectivity index (χ1n) is 2.64. The molecule has 0 aromatic heterocycles. The van der Waals surface area contributed by atoms with Crippen molar-refractivity contribution in [2.45, 2.75) is 6.92 Å². The second-order valence-electron chi connectivity index (χ2n) is 1.80. The van der Waals surface area contributed by atoms with Crippen LogP contribution in [0.15, 0.2) is 28.1 Å². The predicted molar refractivity (Wildman–Crippen MR) is 44.6 cm³/mol. The van der Waals surface area contributed by atoms with Gasteiger partial charge in [0, 0.05) is 11.9 Å². The van der Waals surface area contributed by atoms with Crippen molar-refractivity contribution < 1.29 is 0 Å². The van der Waals surface area contributed by atoms with Crippen LogP contribution in [0.2, 0.25) is 0 Å². The minimum atomic E-state index is 0.0617. The molecule has 3 nitrogen and oxygen atoms in total. The van der Waals surface area contributed by atoms with Gasteiger partial charge in [0.2, 0.25) is 0 Å². The average molecular weight is 160 g/mol. The Bertz CT molecular complexity index is 189. The zero-order valence-electron chi connectivity index (χ0n) is 5.76. The summed E-state index contributed by atoms with van der Waals surface area (Å²) < 4.78 is 0. The molecule has 0 atom stereocenters. The quantitative estimate of drug-likeness (QED) is 0.589. The molecule has 0 amide bonds. The van der Waals surface area contributed by atoms with Gasteiger partial charge in [-0.3, -0.25) is 4.99 Å². The van der Waals surface area contributed by atoms with Crippen LogP contribution >= 0.6 is 11.6 Å². The number of nitrogens with zero attached hydrogens (tertiary/aromatic N) is 1. The highest BCUT2D eigenvalue weighted by molar-refractivity contribution is 6.39. The molecule has 56 valence electrons. The third-order valence-electron chi connectivity index (χ3n) is 0.674. The van der Waals surface area contributed by atoms with Crippen LogP contribution in [0.1, 0.15) is 6.92 Å². The van der Waals surface area contributed by atoms with Crippen LogP contribution in [0.5, 0.6) is 0 Å². The van der Waals surface area contributed by atoms with Crippen LogP contribution in [0, 0.1) is 0 Å². The summed E-state index contributed by atoms with van der Waals surface area (Å²) in [5.41, 5.74) is 10.9. The van der Waals surface area contributed by atoms with Crippen molar-refractivity contribution in [1.82, 2.24) is 0 Å². The predicted octanol–water partition coefficient (Wildman–Crippen LogP) is 0.916. The first-order chi connectivity index (χ1) is 4.54. The minimum absolute atomic E-state index is 0.0617. The normalized spacial score (nSPS) is 9.80. The number of rotatable bonds is 2. The molecule has 0 fully saturated rings. The summed E-state index contributed by atoms with van der Waals surface area (Å²) in [6, 6.07) is 0. The average Bonchev–Trinajstić information content (AvgIpc) is 1.82. The van der Waals surface area contributed by atoms with Crippen molar-refractivity contribution in [3.63, 3.8) is 0 Å². The summed E-state index contributed by atoms with van der Waals surface area (Å²) in [4.78, 5) is 3.78. The molecule has 0 aliphatic rings. The van der Waals surface area contributed by atoms with Crippen LogP contribution in [0.4, 0.5) is 0 Å². The lowest BCUT2D eigenvalue weighted by molar-refractivity contribution is 1.25. The van der Waals surface area contributed by atoms with Gasteiger partial charge in [-0.15, -0.1) is 0 Å². The summed E-state index contributed by atoms with van der Waals surface area (Å²) in [5, 5.41) is 0.239. The van der Waals surface area contributed by atoms with Gasteiger partial charge in [-0.2, -0.15) is 0 Å². The summed E-state index contributed by atoms with van der Waals surface area (Å²) in [5.74, 6) is 0.0617. The van der Waals surface area contributed by atoms with Crippen molar-refractivity contribution in [3.05, 3.63) is 23.1 Å². The fourth-order valence-electron chi connectivity index (χ4n) is 0.241. The van der Waals surface area contributed by atoms with E-state index in [1.165, 1.54) is 6.21 Å². The molecule has 0 aliphatic heterocycles. The van der Waals surface area contributed by atoms with E-state index in [4.69, 9.17) is 23.1 Å². The van der Waals surface area contributed by atoms with Gasteiger partial charge in [0.25, 0.3) is 0 Å². The molecule has 0 saturated carbocycles. The van der Waals surface area contributed by atoms with Gasteiger partial charge in [-0.25, -0.2) is 0 Å². The standard InChI is InChI=1S/C6H10ClN3/c1-4(2)10-3-5(7)6(8)9/h3H,1,8-9H2,2H3/b10-3-. The SMILES string of the molecule is C=C(C)/N=C\C(Cl)=C(N)N. The lowest BCUT2D eigenvalue weighted by Gasteiger charge is -1.91. The number of aliphatic imine (C=N–C) groups is 1. The van der Waals surface area contributed by atoms with Gasteiger partial charge in [0.1, 0.15) is 5.82 Å². The summed E-state index contributed by atoms with van der Waals surface area (Å²) in [6.07, 6.45) is 1.36. The fourth-order valence-corrected chi connectivity index (χ4v) is 0.290. The smallest absolute Gasteiger partial charge is 0.114 e. The van der Waals surface area contributed by atoms with Crippen LogP contribution in [-0.2, 0) is 0 Å². The molecule has 0 spiro atoms. The van der Waals surface area contributed by atoms with E-state index in [9.17, 15) is 0 Å². The molecule has 0 radical (unpaired) electrons. The molecular formula is C6H10ClN3. The van der Waals surface area contributed by atoms with Crippen molar-refractivity contribution in [2.24, 2.45) is 16.5 Å². The summed E-state index contributed by atoms with van der Waals surface area (Å²) in [7, 11) is 0. The van der Waals surface area contributed by atoms with Crippen LogP contribution < -0.4 is 11.5 Å². The first kappa shape index (κ1) is 9.04. The molecular weight excluding hydrogens is 150 g/mol. The van der Waals surface area contributed by atoms with Gasteiger partial charge in [-0.1, -0.05) is 18.2 Å². The topological polar surface area (TPSA) is 64.4 Å². The van der Waals surface area contributed by atoms with E-state index in [-0.39, 0.29) is 10.9 Å². The van der Waals surface area contributed by atoms with E-state index in [1.807, 2.05) is 0 Å². The van der Waals surface area contributed by atoms with Crippen LogP contribution in [-0.4, -0.2) is 6.21 Å². The van der Waals surface area contributed by atoms with Gasteiger partial charge in [-0.05, 0) is 6.92 Å². The number of allylic oxidation sites excluding steroid dienone is 2. The van der Waals surface area contributed by atoms with Crippen molar-refractivity contribution in [2.75, 3.05) is 0 Å². The Kier molecular flexibility index (Phi) is 3.57. The molecule has 0 bridgehead atoms. The van der Waals surface area contributed by atoms with Crippen LogP contribution in [0.3, 0.4) is 0 Å². The molecule has 0 aromatic carbocycles. The molecule has 0 saturated heterocycles. The first-order valence-corrected chi connectivity index (χ1v) is 3.02. The Morgan fingerprint density at radius 2 is 2.10 bits per heavy atom. The Hall–Kier alpha value is -0.960. The third-order valence-corrected chi connectivity index (χ3v) is 0.990. The maximum atomic E-state index is 5.50. The Morgan fingerprint density at radius 1 is 1.60 bits per heavy atom. The second kappa shape index (κ2) is 3.95. The molecule has 0 rings (SSSR count). The highest BCUT2D eigenvalue weighted by Crippen LogP contribution is 1.98. The van der Waals surface area contributed by atoms with E-state index >= 15 is 0 Å². The maximum Gasteiger partial charge on any atom is 0.114 e. The molecule has 4 N–H and O–H groups in total. The summed E-state index contributed by atoms with van der Waals surface area (Å²) in [6.45, 7) is 5.27. The van der Waals surface area contributed by atoms with Gasteiger partial charge in [0.15, 0.2) is 0 Å². The Balaban J connectivity index is 4.16. The van der Waals surface area contributed by atoms with E-state index < -0.39 is 0 Å². The zero-order chi connectivity index (χ0) is 8.15. The molecule has 0 heterocycles. The molecule has 0 aliphatic carbocycles. The maximum absolute atomic E-state index is 5.50. The van der Waals surface area contributed by atoms with E-state index in [0.29, 0.717) is 5.70 Å². The molecule has 10 heavy (non-hydrogen) atoms. The highest BCUT2D eigenvalue weighted by atomic mass is 35.5. The number of hydrogen-bond donors (Lipinski definition) is 2. The van der Waals surface area contributed by atoms with E-state index in [0.717, 1.165) is 0 Å². The Morgan fingerprint density at radius 3 is 2.40 bits per heavy atom. The largest absolute Gasteiger partial charge is 0.384 e. The van der Waals surface area contributed by atoms with Crippen molar-refractivity contribution in [3.8, 4) is 0 Å². The van der Waals surface area contributed by atoms with Crippen molar-refractivity contribution >= 4 is 17.8 Å². The molecule has 4 heteroatoms. The molecule has 0 unspecified atom stereocenters. The monoisotopic (exact) mass is 159 g/mol. The van der Waals surface area contributed by atoms with E-state index in [2.05, 4.69) is 11.6 Å². The summed E-state index contributed by atoms with van der Waals surface area (Å²) >= 11 is 5.50. The van der Waals surface area contributed by atoms with Gasteiger partial charge in [0.05, 0.1) is 5.03 Å². The number of nitrogens with two attached hydrogens (primary N) is 2.